The Kier molecular flexibility index (Phi) is 6.03. The lowest BCUT2D eigenvalue weighted by Gasteiger charge is -2.25. The lowest BCUT2D eigenvalue weighted by molar-refractivity contribution is -0.134. The smallest absolute Gasteiger partial charge is 0.319 e. The van der Waals surface area contributed by atoms with E-state index in [2.05, 4.69) is 41.6 Å². The minimum atomic E-state index is -1.16. The number of nitrogens with zero attached hydrogens (tertiary/aromatic N) is 2. The van der Waals surface area contributed by atoms with Crippen molar-refractivity contribution in [2.24, 2.45) is 0 Å². The summed E-state index contributed by atoms with van der Waals surface area (Å²) in [4.78, 5) is 44.0. The first-order valence-electron chi connectivity index (χ1n) is 10.8. The topological polar surface area (TPSA) is 91.4 Å². The van der Waals surface area contributed by atoms with Gasteiger partial charge in [0.15, 0.2) is 5.13 Å². The van der Waals surface area contributed by atoms with Crippen LogP contribution in [0, 0.1) is 20.8 Å². The van der Waals surface area contributed by atoms with Gasteiger partial charge in [-0.1, -0.05) is 43.3 Å². The molecule has 2 N–H and O–H groups in total. The number of hydrogen-bond donors (Lipinski definition) is 2. The molecule has 1 atom stereocenters. The third-order valence-electron chi connectivity index (χ3n) is 6.14. The molecule has 1 aliphatic heterocycles. The fraction of sp³-hybridized carbons (Fsp3) is 0.280. The van der Waals surface area contributed by atoms with Crippen LogP contribution in [0.1, 0.15) is 35.6 Å². The zero-order chi connectivity index (χ0) is 23.8. The van der Waals surface area contributed by atoms with Gasteiger partial charge in [0.2, 0.25) is 5.91 Å². The molecule has 0 saturated carbocycles. The maximum atomic E-state index is 13.2. The normalized spacial score (nSPS) is 17.9. The fourth-order valence-electron chi connectivity index (χ4n) is 4.13. The Balaban J connectivity index is 1.48. The lowest BCUT2D eigenvalue weighted by Crippen LogP contribution is -2.44. The van der Waals surface area contributed by atoms with Crippen molar-refractivity contribution in [1.82, 2.24) is 15.2 Å². The van der Waals surface area contributed by atoms with E-state index in [1.807, 2.05) is 37.4 Å². The van der Waals surface area contributed by atoms with Crippen LogP contribution in [0.3, 0.4) is 0 Å². The molecule has 3 aromatic rings. The van der Waals surface area contributed by atoms with Crippen molar-refractivity contribution < 1.29 is 14.4 Å². The Bertz CT molecular complexity index is 1240. The van der Waals surface area contributed by atoms with Crippen molar-refractivity contribution in [2.45, 2.75) is 39.7 Å². The number of nitrogens with one attached hydrogen (secondary N) is 2. The molecule has 7 nitrogen and oxygen atoms in total. The summed E-state index contributed by atoms with van der Waals surface area (Å²) in [6, 6.07) is 12.7. The van der Waals surface area contributed by atoms with E-state index in [4.69, 9.17) is 0 Å². The summed E-state index contributed by atoms with van der Waals surface area (Å²) in [5.41, 5.74) is 4.82. The van der Waals surface area contributed by atoms with Gasteiger partial charge in [-0.05, 0) is 55.5 Å². The molecular weight excluding hydrogens is 436 g/mol. The first-order valence-corrected chi connectivity index (χ1v) is 11.7. The molecule has 1 fully saturated rings. The SMILES string of the molecule is CCC1(c2ccccc2)NC(=O)N(CC(=O)Nc2nc(-c3cc(C)c(C)cc3C)cs2)C1=O. The first kappa shape index (κ1) is 22.7. The van der Waals surface area contributed by atoms with E-state index in [0.29, 0.717) is 17.1 Å². The molecule has 2 heterocycles. The van der Waals surface area contributed by atoms with Gasteiger partial charge in [0.05, 0.1) is 5.69 Å². The highest BCUT2D eigenvalue weighted by Crippen LogP contribution is 2.33. The average Bonchev–Trinajstić information content (AvgIpc) is 3.35. The second kappa shape index (κ2) is 8.78. The van der Waals surface area contributed by atoms with Gasteiger partial charge < -0.3 is 10.6 Å². The summed E-state index contributed by atoms with van der Waals surface area (Å²) >= 11 is 1.31. The second-order valence-corrected chi connectivity index (χ2v) is 9.14. The Morgan fingerprint density at radius 3 is 2.48 bits per heavy atom. The van der Waals surface area contributed by atoms with Crippen LogP contribution in [-0.2, 0) is 15.1 Å². The van der Waals surface area contributed by atoms with E-state index in [1.54, 1.807) is 12.1 Å². The van der Waals surface area contributed by atoms with Gasteiger partial charge in [0.25, 0.3) is 5.91 Å². The van der Waals surface area contributed by atoms with Gasteiger partial charge in [0.1, 0.15) is 12.1 Å². The van der Waals surface area contributed by atoms with Crippen LogP contribution in [0.25, 0.3) is 11.3 Å². The van der Waals surface area contributed by atoms with E-state index in [0.717, 1.165) is 21.7 Å². The van der Waals surface area contributed by atoms with E-state index in [-0.39, 0.29) is 6.54 Å². The van der Waals surface area contributed by atoms with Gasteiger partial charge >= 0.3 is 6.03 Å². The van der Waals surface area contributed by atoms with Crippen LogP contribution in [-0.4, -0.2) is 34.3 Å². The minimum absolute atomic E-state index is 0.378. The van der Waals surface area contributed by atoms with Crippen molar-refractivity contribution >= 4 is 34.3 Å². The van der Waals surface area contributed by atoms with E-state index in [1.165, 1.54) is 22.5 Å². The van der Waals surface area contributed by atoms with Crippen LogP contribution in [0.15, 0.2) is 47.8 Å². The number of thiazole rings is 1. The molecule has 8 heteroatoms. The highest BCUT2D eigenvalue weighted by Gasteiger charge is 2.51. The van der Waals surface area contributed by atoms with Crippen LogP contribution in [0.5, 0.6) is 0 Å². The number of urea groups is 1. The molecule has 1 aromatic heterocycles. The Morgan fingerprint density at radius 1 is 1.09 bits per heavy atom. The summed E-state index contributed by atoms with van der Waals surface area (Å²) in [6.07, 6.45) is 0.380. The minimum Gasteiger partial charge on any atom is -0.319 e. The number of rotatable bonds is 6. The van der Waals surface area contributed by atoms with E-state index < -0.39 is 23.4 Å². The summed E-state index contributed by atoms with van der Waals surface area (Å²) in [6.45, 7) is 7.61. The second-order valence-electron chi connectivity index (χ2n) is 8.28. The molecule has 0 spiro atoms. The number of hydrogen-bond acceptors (Lipinski definition) is 5. The third-order valence-corrected chi connectivity index (χ3v) is 6.90. The van der Waals surface area contributed by atoms with Crippen LogP contribution in [0.2, 0.25) is 0 Å². The zero-order valence-corrected chi connectivity index (χ0v) is 19.9. The summed E-state index contributed by atoms with van der Waals surface area (Å²) in [5.74, 6) is -0.905. The summed E-state index contributed by atoms with van der Waals surface area (Å²) in [7, 11) is 0. The Morgan fingerprint density at radius 2 is 1.79 bits per heavy atom. The van der Waals surface area contributed by atoms with Crippen molar-refractivity contribution in [2.75, 3.05) is 11.9 Å². The summed E-state index contributed by atoms with van der Waals surface area (Å²) in [5, 5.41) is 7.82. The average molecular weight is 463 g/mol. The Labute approximate surface area is 196 Å². The maximum Gasteiger partial charge on any atom is 0.325 e. The number of amides is 4. The third kappa shape index (κ3) is 4.14. The van der Waals surface area contributed by atoms with Crippen molar-refractivity contribution in [3.8, 4) is 11.3 Å². The highest BCUT2D eigenvalue weighted by atomic mass is 32.1. The number of imide groups is 1. The molecule has 1 saturated heterocycles. The molecule has 4 amide bonds. The number of aromatic nitrogens is 1. The molecule has 1 aliphatic rings. The van der Waals surface area contributed by atoms with Crippen LogP contribution < -0.4 is 10.6 Å². The van der Waals surface area contributed by atoms with E-state index in [9.17, 15) is 14.4 Å². The molecule has 0 radical (unpaired) electrons. The molecule has 0 bridgehead atoms. The van der Waals surface area contributed by atoms with Gasteiger partial charge in [-0.2, -0.15) is 0 Å². The van der Waals surface area contributed by atoms with Crippen LogP contribution >= 0.6 is 11.3 Å². The number of carbonyl (C=O) groups is 3. The molecule has 0 aliphatic carbocycles. The van der Waals surface area contributed by atoms with Crippen molar-refractivity contribution in [3.05, 3.63) is 70.1 Å². The van der Waals surface area contributed by atoms with Gasteiger partial charge in [-0.15, -0.1) is 11.3 Å². The fourth-order valence-corrected chi connectivity index (χ4v) is 4.85. The highest BCUT2D eigenvalue weighted by molar-refractivity contribution is 7.14. The molecule has 33 heavy (non-hydrogen) atoms. The van der Waals surface area contributed by atoms with Crippen molar-refractivity contribution in [1.29, 1.82) is 0 Å². The number of anilines is 1. The quantitative estimate of drug-likeness (QED) is 0.527. The monoisotopic (exact) mass is 462 g/mol. The maximum absolute atomic E-state index is 13.2. The summed E-state index contributed by atoms with van der Waals surface area (Å²) < 4.78 is 0. The molecular formula is C25H26N4O3S. The predicted molar refractivity (Wildman–Crippen MR) is 129 cm³/mol. The van der Waals surface area contributed by atoms with Gasteiger partial charge in [0, 0.05) is 10.9 Å². The van der Waals surface area contributed by atoms with Gasteiger partial charge in [-0.25, -0.2) is 9.78 Å². The van der Waals surface area contributed by atoms with Crippen molar-refractivity contribution in [3.63, 3.8) is 0 Å². The van der Waals surface area contributed by atoms with Crippen LogP contribution in [0.4, 0.5) is 9.93 Å². The lowest BCUT2D eigenvalue weighted by atomic mass is 9.87. The standard InChI is InChI=1S/C25H26N4O3S/c1-5-25(18-9-7-6-8-10-18)22(31)29(24(32)28-25)13-21(30)27-23-26-20(14-33-23)19-12-16(3)15(2)11-17(19)4/h6-12,14H,5,13H2,1-4H3,(H,28,32)(H,26,27,30). The molecule has 1 unspecified atom stereocenters. The first-order chi connectivity index (χ1) is 15.7. The molecule has 2 aromatic carbocycles. The predicted octanol–water partition coefficient (Wildman–Crippen LogP) is 4.53. The number of benzene rings is 2. The Hall–Kier alpha value is -3.52. The molecule has 170 valence electrons. The van der Waals surface area contributed by atoms with E-state index >= 15 is 0 Å². The number of carbonyl (C=O) groups excluding carboxylic acids is 3. The number of aryl methyl sites for hydroxylation is 3. The zero-order valence-electron chi connectivity index (χ0n) is 19.1. The largest absolute Gasteiger partial charge is 0.325 e. The van der Waals surface area contributed by atoms with Gasteiger partial charge in [-0.3, -0.25) is 14.5 Å². The molecule has 4 rings (SSSR count).